The summed E-state index contributed by atoms with van der Waals surface area (Å²) in [6.45, 7) is 1.04. The third-order valence-corrected chi connectivity index (χ3v) is 2.61. The van der Waals surface area contributed by atoms with E-state index in [2.05, 4.69) is 10.3 Å². The maximum Gasteiger partial charge on any atom is 0.244 e. The van der Waals surface area contributed by atoms with E-state index in [0.29, 0.717) is 13.1 Å². The Labute approximate surface area is 114 Å². The molecule has 0 atom stereocenters. The maximum absolute atomic E-state index is 13.3. The fourth-order valence-corrected chi connectivity index (χ4v) is 1.59. The number of rotatable bonds is 5. The Kier molecular flexibility index (Phi) is 4.60. The highest BCUT2D eigenvalue weighted by Crippen LogP contribution is 2.10. The molecule has 0 spiro atoms. The number of halogens is 2. The first kappa shape index (κ1) is 13.9. The van der Waals surface area contributed by atoms with Crippen molar-refractivity contribution in [3.05, 3.63) is 60.2 Å². The van der Waals surface area contributed by atoms with E-state index in [4.69, 9.17) is 0 Å². The molecule has 0 radical (unpaired) electrons. The van der Waals surface area contributed by atoms with Crippen LogP contribution in [0.1, 0.15) is 5.56 Å². The SMILES string of the molecule is O=C(/C=C/c1ccc(F)cc1F)NCCn1ccnc1. The van der Waals surface area contributed by atoms with Gasteiger partial charge in [0.25, 0.3) is 0 Å². The van der Waals surface area contributed by atoms with Gasteiger partial charge in [-0.15, -0.1) is 0 Å². The summed E-state index contributed by atoms with van der Waals surface area (Å²) in [6, 6.07) is 3.19. The Morgan fingerprint density at radius 1 is 1.40 bits per heavy atom. The van der Waals surface area contributed by atoms with Crippen molar-refractivity contribution in [2.75, 3.05) is 6.54 Å². The summed E-state index contributed by atoms with van der Waals surface area (Å²) in [5.41, 5.74) is 0.163. The summed E-state index contributed by atoms with van der Waals surface area (Å²) in [5, 5.41) is 2.65. The van der Waals surface area contributed by atoms with E-state index in [1.165, 1.54) is 18.2 Å². The van der Waals surface area contributed by atoms with Crippen molar-refractivity contribution < 1.29 is 13.6 Å². The van der Waals surface area contributed by atoms with Gasteiger partial charge in [-0.1, -0.05) is 0 Å². The first-order valence-electron chi connectivity index (χ1n) is 6.02. The number of aromatic nitrogens is 2. The number of nitrogens with one attached hydrogen (secondary N) is 1. The van der Waals surface area contributed by atoms with Gasteiger partial charge in [0.15, 0.2) is 0 Å². The Morgan fingerprint density at radius 2 is 2.25 bits per heavy atom. The lowest BCUT2D eigenvalue weighted by Gasteiger charge is -2.03. The smallest absolute Gasteiger partial charge is 0.244 e. The molecule has 0 aliphatic heterocycles. The topological polar surface area (TPSA) is 46.9 Å². The molecular formula is C14H13F2N3O. The van der Waals surface area contributed by atoms with E-state index < -0.39 is 11.6 Å². The molecule has 1 aromatic heterocycles. The van der Waals surface area contributed by atoms with Gasteiger partial charge < -0.3 is 9.88 Å². The van der Waals surface area contributed by atoms with E-state index in [9.17, 15) is 13.6 Å². The average molecular weight is 277 g/mol. The van der Waals surface area contributed by atoms with Crippen molar-refractivity contribution >= 4 is 12.0 Å². The molecule has 2 aromatic rings. The quantitative estimate of drug-likeness (QED) is 0.850. The van der Waals surface area contributed by atoms with Gasteiger partial charge in [-0.3, -0.25) is 4.79 Å². The molecule has 6 heteroatoms. The molecule has 0 aliphatic rings. The largest absolute Gasteiger partial charge is 0.351 e. The van der Waals surface area contributed by atoms with Crippen LogP contribution in [0.2, 0.25) is 0 Å². The molecule has 1 amide bonds. The summed E-state index contributed by atoms with van der Waals surface area (Å²) >= 11 is 0. The molecule has 1 aromatic carbocycles. The fraction of sp³-hybridized carbons (Fsp3) is 0.143. The van der Waals surface area contributed by atoms with E-state index in [-0.39, 0.29) is 11.5 Å². The minimum absolute atomic E-state index is 0.163. The minimum atomic E-state index is -0.701. The van der Waals surface area contributed by atoms with Crippen LogP contribution in [-0.2, 0) is 11.3 Å². The summed E-state index contributed by atoms with van der Waals surface area (Å²) in [7, 11) is 0. The molecule has 104 valence electrons. The standard InChI is InChI=1S/C14H13F2N3O/c15-12-3-1-11(13(16)9-12)2-4-14(20)18-6-8-19-7-5-17-10-19/h1-5,7,9-10H,6,8H2,(H,18,20)/b4-2+. The summed E-state index contributed by atoms with van der Waals surface area (Å²) in [4.78, 5) is 15.4. The van der Waals surface area contributed by atoms with Crippen molar-refractivity contribution in [3.8, 4) is 0 Å². The van der Waals surface area contributed by atoms with Crippen LogP contribution in [0, 0.1) is 11.6 Å². The second-order valence-corrected chi connectivity index (χ2v) is 4.09. The van der Waals surface area contributed by atoms with Crippen LogP contribution in [0.15, 0.2) is 43.0 Å². The van der Waals surface area contributed by atoms with Crippen LogP contribution >= 0.6 is 0 Å². The molecule has 0 saturated carbocycles. The molecule has 4 nitrogen and oxygen atoms in total. The second kappa shape index (κ2) is 6.60. The number of carbonyl (C=O) groups excluding carboxylic acids is 1. The zero-order valence-electron chi connectivity index (χ0n) is 10.6. The summed E-state index contributed by atoms with van der Waals surface area (Å²) < 4.78 is 27.8. The third kappa shape index (κ3) is 4.01. The molecule has 0 fully saturated rings. The molecular weight excluding hydrogens is 264 g/mol. The van der Waals surface area contributed by atoms with Crippen LogP contribution in [0.4, 0.5) is 8.78 Å². The average Bonchev–Trinajstić information content (AvgIpc) is 2.91. The molecule has 1 heterocycles. The monoisotopic (exact) mass is 277 g/mol. The van der Waals surface area contributed by atoms with Gasteiger partial charge in [-0.25, -0.2) is 13.8 Å². The summed E-state index contributed by atoms with van der Waals surface area (Å²) in [6.07, 6.45) is 7.61. The van der Waals surface area contributed by atoms with Crippen molar-refractivity contribution in [1.29, 1.82) is 0 Å². The molecule has 20 heavy (non-hydrogen) atoms. The van der Waals surface area contributed by atoms with E-state index in [1.54, 1.807) is 18.7 Å². The number of hydrogen-bond donors (Lipinski definition) is 1. The predicted octanol–water partition coefficient (Wildman–Crippen LogP) is 1.99. The molecule has 0 saturated heterocycles. The van der Waals surface area contributed by atoms with Crippen molar-refractivity contribution in [2.24, 2.45) is 0 Å². The Morgan fingerprint density at radius 3 is 2.95 bits per heavy atom. The van der Waals surface area contributed by atoms with Crippen LogP contribution in [0.25, 0.3) is 6.08 Å². The normalized spacial score (nSPS) is 10.9. The lowest BCUT2D eigenvalue weighted by atomic mass is 10.2. The van der Waals surface area contributed by atoms with Gasteiger partial charge in [-0.2, -0.15) is 0 Å². The van der Waals surface area contributed by atoms with E-state index >= 15 is 0 Å². The molecule has 0 unspecified atom stereocenters. The minimum Gasteiger partial charge on any atom is -0.351 e. The van der Waals surface area contributed by atoms with Crippen molar-refractivity contribution in [1.82, 2.24) is 14.9 Å². The fourth-order valence-electron chi connectivity index (χ4n) is 1.59. The summed E-state index contributed by atoms with van der Waals surface area (Å²) in [5.74, 6) is -1.69. The molecule has 2 rings (SSSR count). The van der Waals surface area contributed by atoms with Gasteiger partial charge in [0.05, 0.1) is 6.33 Å². The van der Waals surface area contributed by atoms with Crippen molar-refractivity contribution in [2.45, 2.75) is 6.54 Å². The lowest BCUT2D eigenvalue weighted by molar-refractivity contribution is -0.116. The number of benzene rings is 1. The first-order valence-corrected chi connectivity index (χ1v) is 6.02. The van der Waals surface area contributed by atoms with Crippen LogP contribution in [0.5, 0.6) is 0 Å². The zero-order chi connectivity index (χ0) is 14.4. The molecule has 0 aliphatic carbocycles. The second-order valence-electron chi connectivity index (χ2n) is 4.09. The number of amides is 1. The molecule has 0 bridgehead atoms. The highest BCUT2D eigenvalue weighted by Gasteiger charge is 2.01. The Bertz CT molecular complexity index is 609. The Balaban J connectivity index is 1.83. The van der Waals surface area contributed by atoms with Crippen LogP contribution in [0.3, 0.4) is 0 Å². The Hall–Kier alpha value is -2.50. The highest BCUT2D eigenvalue weighted by molar-refractivity contribution is 5.91. The highest BCUT2D eigenvalue weighted by atomic mass is 19.1. The maximum atomic E-state index is 13.3. The number of imidazole rings is 1. The van der Waals surface area contributed by atoms with Crippen LogP contribution in [-0.4, -0.2) is 22.0 Å². The van der Waals surface area contributed by atoms with Gasteiger partial charge >= 0.3 is 0 Å². The number of hydrogen-bond acceptors (Lipinski definition) is 2. The van der Waals surface area contributed by atoms with Gasteiger partial charge in [0.1, 0.15) is 11.6 Å². The lowest BCUT2D eigenvalue weighted by Crippen LogP contribution is -2.25. The van der Waals surface area contributed by atoms with Gasteiger partial charge in [0, 0.05) is 43.2 Å². The van der Waals surface area contributed by atoms with E-state index in [0.717, 1.165) is 12.1 Å². The predicted molar refractivity (Wildman–Crippen MR) is 70.6 cm³/mol. The van der Waals surface area contributed by atoms with Gasteiger partial charge in [-0.05, 0) is 18.2 Å². The number of nitrogens with zero attached hydrogens (tertiary/aromatic N) is 2. The van der Waals surface area contributed by atoms with Crippen molar-refractivity contribution in [3.63, 3.8) is 0 Å². The third-order valence-electron chi connectivity index (χ3n) is 2.61. The first-order chi connectivity index (χ1) is 9.65. The van der Waals surface area contributed by atoms with Gasteiger partial charge in [0.2, 0.25) is 5.91 Å². The zero-order valence-corrected chi connectivity index (χ0v) is 10.6. The number of carbonyl (C=O) groups is 1. The molecule has 1 N–H and O–H groups in total. The van der Waals surface area contributed by atoms with Crippen LogP contribution < -0.4 is 5.32 Å². The van der Waals surface area contributed by atoms with E-state index in [1.807, 2.05) is 4.57 Å².